The Balaban J connectivity index is 3.08. The summed E-state index contributed by atoms with van der Waals surface area (Å²) < 4.78 is 12.9. The Morgan fingerprint density at radius 2 is 2.15 bits per heavy atom. The Kier molecular flexibility index (Phi) is 2.51. The second kappa shape index (κ2) is 3.43. The first-order valence-electron chi connectivity index (χ1n) is 3.84. The molecule has 0 heterocycles. The lowest BCUT2D eigenvalue weighted by atomic mass is 10.1. The van der Waals surface area contributed by atoms with Crippen molar-refractivity contribution in [3.8, 4) is 0 Å². The zero-order chi connectivity index (χ0) is 10.0. The molecule has 0 saturated carbocycles. The van der Waals surface area contributed by atoms with Gasteiger partial charge in [-0.25, -0.2) is 4.39 Å². The number of halogens is 1. The van der Waals surface area contributed by atoms with Crippen molar-refractivity contribution >= 4 is 17.3 Å². The van der Waals surface area contributed by atoms with E-state index in [9.17, 15) is 9.18 Å². The first-order valence-corrected chi connectivity index (χ1v) is 3.84. The third-order valence-electron chi connectivity index (χ3n) is 1.65. The van der Waals surface area contributed by atoms with Crippen LogP contribution in [-0.2, 0) is 4.79 Å². The summed E-state index contributed by atoms with van der Waals surface area (Å²) in [5.41, 5.74) is 6.62. The van der Waals surface area contributed by atoms with Gasteiger partial charge in [-0.3, -0.25) is 4.79 Å². The minimum absolute atomic E-state index is 0.0894. The summed E-state index contributed by atoms with van der Waals surface area (Å²) in [4.78, 5) is 10.7. The lowest BCUT2D eigenvalue weighted by Gasteiger charge is -2.07. The molecular weight excluding hydrogens is 171 g/mol. The van der Waals surface area contributed by atoms with Crippen LogP contribution in [0.2, 0.25) is 0 Å². The van der Waals surface area contributed by atoms with Gasteiger partial charge >= 0.3 is 0 Å². The molecule has 0 aliphatic rings. The van der Waals surface area contributed by atoms with Gasteiger partial charge in [0, 0.05) is 12.6 Å². The Labute approximate surface area is 75.7 Å². The predicted octanol–water partition coefficient (Wildman–Crippen LogP) is 1.67. The lowest BCUT2D eigenvalue weighted by Crippen LogP contribution is -2.08. The van der Waals surface area contributed by atoms with Gasteiger partial charge in [-0.1, -0.05) is 0 Å². The molecule has 3 nitrogen and oxygen atoms in total. The number of carbonyl (C=O) groups excluding carboxylic acids is 1. The number of hydrogen-bond donors (Lipinski definition) is 2. The van der Waals surface area contributed by atoms with Crippen LogP contribution in [0.1, 0.15) is 12.5 Å². The van der Waals surface area contributed by atoms with Crippen molar-refractivity contribution in [3.63, 3.8) is 0 Å². The van der Waals surface area contributed by atoms with Crippen molar-refractivity contribution < 1.29 is 9.18 Å². The third kappa shape index (κ3) is 2.18. The molecule has 1 aromatic carbocycles. The van der Waals surface area contributed by atoms with E-state index in [0.29, 0.717) is 5.69 Å². The fourth-order valence-electron chi connectivity index (χ4n) is 1.03. The molecule has 0 radical (unpaired) electrons. The number of nitrogen functional groups attached to an aromatic ring is 1. The number of hydrogen-bond acceptors (Lipinski definition) is 2. The lowest BCUT2D eigenvalue weighted by molar-refractivity contribution is -0.114. The molecule has 0 aliphatic carbocycles. The summed E-state index contributed by atoms with van der Waals surface area (Å²) in [5, 5.41) is 2.51. The topological polar surface area (TPSA) is 55.1 Å². The zero-order valence-corrected chi connectivity index (χ0v) is 7.52. The molecule has 0 fully saturated rings. The average Bonchev–Trinajstić information content (AvgIpc) is 1.99. The van der Waals surface area contributed by atoms with Crippen LogP contribution in [0.3, 0.4) is 0 Å². The summed E-state index contributed by atoms with van der Waals surface area (Å²) in [6, 6.07) is 2.70. The first-order chi connectivity index (χ1) is 6.00. The summed E-state index contributed by atoms with van der Waals surface area (Å²) in [6.07, 6.45) is 0. The maximum Gasteiger partial charge on any atom is 0.221 e. The van der Waals surface area contributed by atoms with Crippen molar-refractivity contribution in [2.75, 3.05) is 11.1 Å². The van der Waals surface area contributed by atoms with E-state index in [-0.39, 0.29) is 11.6 Å². The van der Waals surface area contributed by atoms with Crippen LogP contribution in [0.15, 0.2) is 12.1 Å². The number of carbonyl (C=O) groups is 1. The van der Waals surface area contributed by atoms with E-state index in [4.69, 9.17) is 5.73 Å². The highest BCUT2D eigenvalue weighted by Crippen LogP contribution is 2.21. The fraction of sp³-hybridized carbons (Fsp3) is 0.222. The number of anilines is 2. The number of rotatable bonds is 1. The highest BCUT2D eigenvalue weighted by Gasteiger charge is 2.05. The van der Waals surface area contributed by atoms with Crippen molar-refractivity contribution in [2.45, 2.75) is 13.8 Å². The second-order valence-electron chi connectivity index (χ2n) is 2.87. The standard InChI is InChI=1S/C9H11FN2O/c1-5-3-8(11)7(10)4-9(5)12-6(2)13/h3-4H,11H2,1-2H3,(H,12,13). The molecule has 13 heavy (non-hydrogen) atoms. The Morgan fingerprint density at radius 1 is 1.54 bits per heavy atom. The van der Waals surface area contributed by atoms with E-state index >= 15 is 0 Å². The highest BCUT2D eigenvalue weighted by molar-refractivity contribution is 5.89. The number of nitrogens with one attached hydrogen (secondary N) is 1. The van der Waals surface area contributed by atoms with Crippen LogP contribution in [0, 0.1) is 12.7 Å². The maximum absolute atomic E-state index is 12.9. The molecular formula is C9H11FN2O. The van der Waals surface area contributed by atoms with Crippen molar-refractivity contribution in [3.05, 3.63) is 23.5 Å². The molecule has 1 amide bonds. The molecule has 0 atom stereocenters. The molecule has 4 heteroatoms. The van der Waals surface area contributed by atoms with Gasteiger partial charge in [0.2, 0.25) is 5.91 Å². The van der Waals surface area contributed by atoms with Gasteiger partial charge in [0.05, 0.1) is 5.69 Å². The van der Waals surface area contributed by atoms with E-state index in [1.807, 2.05) is 0 Å². The number of benzene rings is 1. The van der Waals surface area contributed by atoms with Gasteiger partial charge in [0.15, 0.2) is 0 Å². The molecule has 70 valence electrons. The molecule has 0 saturated heterocycles. The molecule has 0 aliphatic heterocycles. The zero-order valence-electron chi connectivity index (χ0n) is 7.52. The number of amides is 1. The molecule has 1 rings (SSSR count). The molecule has 1 aromatic rings. The van der Waals surface area contributed by atoms with Gasteiger partial charge in [0.25, 0.3) is 0 Å². The molecule has 0 aromatic heterocycles. The molecule has 0 spiro atoms. The van der Waals surface area contributed by atoms with Gasteiger partial charge in [-0.15, -0.1) is 0 Å². The van der Waals surface area contributed by atoms with Gasteiger partial charge in [-0.05, 0) is 24.6 Å². The van der Waals surface area contributed by atoms with Crippen LogP contribution >= 0.6 is 0 Å². The fourth-order valence-corrected chi connectivity index (χ4v) is 1.03. The van der Waals surface area contributed by atoms with Crippen LogP contribution in [0.25, 0.3) is 0 Å². The van der Waals surface area contributed by atoms with E-state index < -0.39 is 5.82 Å². The summed E-state index contributed by atoms with van der Waals surface area (Å²) in [7, 11) is 0. The molecule has 0 unspecified atom stereocenters. The van der Waals surface area contributed by atoms with Crippen molar-refractivity contribution in [2.24, 2.45) is 0 Å². The minimum Gasteiger partial charge on any atom is -0.396 e. The Hall–Kier alpha value is -1.58. The van der Waals surface area contributed by atoms with Crippen LogP contribution in [0.4, 0.5) is 15.8 Å². The summed E-state index contributed by atoms with van der Waals surface area (Å²) in [5.74, 6) is -0.748. The average molecular weight is 182 g/mol. The maximum atomic E-state index is 12.9. The minimum atomic E-state index is -0.519. The van der Waals surface area contributed by atoms with E-state index in [0.717, 1.165) is 5.56 Å². The first kappa shape index (κ1) is 9.51. The second-order valence-corrected chi connectivity index (χ2v) is 2.87. The van der Waals surface area contributed by atoms with E-state index in [1.165, 1.54) is 19.1 Å². The van der Waals surface area contributed by atoms with E-state index in [1.54, 1.807) is 6.92 Å². The third-order valence-corrected chi connectivity index (χ3v) is 1.65. The SMILES string of the molecule is CC(=O)Nc1cc(F)c(N)cc1C. The van der Waals surface area contributed by atoms with Crippen LogP contribution in [0.5, 0.6) is 0 Å². The van der Waals surface area contributed by atoms with Crippen LogP contribution < -0.4 is 11.1 Å². The summed E-state index contributed by atoms with van der Waals surface area (Å²) in [6.45, 7) is 3.12. The normalized spacial score (nSPS) is 9.77. The predicted molar refractivity (Wildman–Crippen MR) is 49.9 cm³/mol. The molecule has 0 bridgehead atoms. The Morgan fingerprint density at radius 3 is 2.69 bits per heavy atom. The van der Waals surface area contributed by atoms with E-state index in [2.05, 4.69) is 5.32 Å². The quantitative estimate of drug-likeness (QED) is 0.649. The van der Waals surface area contributed by atoms with Gasteiger partial charge in [0.1, 0.15) is 5.82 Å². The largest absolute Gasteiger partial charge is 0.396 e. The summed E-state index contributed by atoms with van der Waals surface area (Å²) >= 11 is 0. The Bertz CT molecular complexity index is 350. The van der Waals surface area contributed by atoms with Gasteiger partial charge < -0.3 is 11.1 Å². The van der Waals surface area contributed by atoms with Crippen molar-refractivity contribution in [1.29, 1.82) is 0 Å². The van der Waals surface area contributed by atoms with Crippen LogP contribution in [-0.4, -0.2) is 5.91 Å². The molecule has 3 N–H and O–H groups in total. The smallest absolute Gasteiger partial charge is 0.221 e. The monoisotopic (exact) mass is 182 g/mol. The van der Waals surface area contributed by atoms with Crippen molar-refractivity contribution in [1.82, 2.24) is 0 Å². The number of aryl methyl sites for hydroxylation is 1. The highest BCUT2D eigenvalue weighted by atomic mass is 19.1. The van der Waals surface area contributed by atoms with Gasteiger partial charge in [-0.2, -0.15) is 0 Å². The number of nitrogens with two attached hydrogens (primary N) is 1.